The first kappa shape index (κ1) is 13.1. The monoisotopic (exact) mass is 278 g/mol. The minimum Gasteiger partial charge on any atom is -0.493 e. The van der Waals surface area contributed by atoms with Crippen LogP contribution < -0.4 is 4.74 Å². The average Bonchev–Trinajstić information content (AvgIpc) is 2.44. The number of aliphatic hydroxyl groups excluding tert-OH is 1. The van der Waals surface area contributed by atoms with Crippen molar-refractivity contribution in [1.29, 1.82) is 0 Å². The molecule has 1 saturated carbocycles. The summed E-state index contributed by atoms with van der Waals surface area (Å²) < 4.78 is 23.8. The minimum absolute atomic E-state index is 0.113. The summed E-state index contributed by atoms with van der Waals surface area (Å²) in [6, 6.07) is 5.45. The third-order valence-electron chi connectivity index (χ3n) is 3.74. The van der Waals surface area contributed by atoms with Crippen LogP contribution in [0.1, 0.15) is 19.3 Å². The van der Waals surface area contributed by atoms with Crippen LogP contribution in [0.5, 0.6) is 5.75 Å². The third kappa shape index (κ3) is 2.54. The molecule has 0 radical (unpaired) electrons. The molecule has 0 aromatic heterocycles. The summed E-state index contributed by atoms with van der Waals surface area (Å²) in [5.74, 6) is -0.214. The molecule has 0 amide bonds. The lowest BCUT2D eigenvalue weighted by Crippen LogP contribution is -2.41. The van der Waals surface area contributed by atoms with Gasteiger partial charge in [-0.3, -0.25) is 4.79 Å². The van der Waals surface area contributed by atoms with E-state index in [4.69, 9.17) is 9.47 Å². The second kappa shape index (κ2) is 5.25. The average molecular weight is 278 g/mol. The van der Waals surface area contributed by atoms with Crippen molar-refractivity contribution in [2.24, 2.45) is 5.92 Å². The van der Waals surface area contributed by atoms with Gasteiger partial charge < -0.3 is 14.6 Å². The number of carbonyl (C=O) groups is 1. The number of carbonyl (C=O) groups excluding carboxylic acids is 1. The van der Waals surface area contributed by atoms with E-state index >= 15 is 0 Å². The standard InChI is InChI=1S/C15H15FO4/c16-9-1-4-11(5-2-9)20-14-8-19-13-7-10(17)3-6-12(13)15(14)18/h1-2,4-5,8,10,12-13,17H,3,6-7H2. The van der Waals surface area contributed by atoms with Crippen LogP contribution in [-0.2, 0) is 9.53 Å². The fourth-order valence-corrected chi connectivity index (χ4v) is 2.65. The summed E-state index contributed by atoms with van der Waals surface area (Å²) in [7, 11) is 0. The number of hydrogen-bond donors (Lipinski definition) is 1. The zero-order valence-corrected chi connectivity index (χ0v) is 10.8. The molecule has 1 fully saturated rings. The lowest BCUT2D eigenvalue weighted by Gasteiger charge is -2.35. The molecular formula is C15H15FO4. The Morgan fingerprint density at radius 2 is 2.00 bits per heavy atom. The van der Waals surface area contributed by atoms with Gasteiger partial charge in [0.25, 0.3) is 0 Å². The Hall–Kier alpha value is -1.88. The van der Waals surface area contributed by atoms with Crippen molar-refractivity contribution in [2.45, 2.75) is 31.5 Å². The van der Waals surface area contributed by atoms with Crippen LogP contribution in [0.2, 0.25) is 0 Å². The van der Waals surface area contributed by atoms with Crippen molar-refractivity contribution in [1.82, 2.24) is 0 Å². The Bertz CT molecular complexity index is 537. The third-order valence-corrected chi connectivity index (χ3v) is 3.74. The van der Waals surface area contributed by atoms with E-state index in [1.54, 1.807) is 0 Å². The zero-order valence-electron chi connectivity index (χ0n) is 10.8. The number of ketones is 1. The lowest BCUT2D eigenvalue weighted by atomic mass is 9.80. The fourth-order valence-electron chi connectivity index (χ4n) is 2.65. The number of ether oxygens (including phenoxy) is 2. The highest BCUT2D eigenvalue weighted by atomic mass is 19.1. The molecule has 1 aliphatic carbocycles. The molecule has 1 aliphatic heterocycles. The van der Waals surface area contributed by atoms with Crippen molar-refractivity contribution in [3.63, 3.8) is 0 Å². The highest BCUT2D eigenvalue weighted by Crippen LogP contribution is 2.33. The van der Waals surface area contributed by atoms with Crippen LogP contribution in [-0.4, -0.2) is 23.1 Å². The molecule has 106 valence electrons. The molecule has 20 heavy (non-hydrogen) atoms. The molecule has 3 unspecified atom stereocenters. The number of Topliss-reactive ketones (excluding diaryl/α,β-unsaturated/α-hetero) is 1. The minimum atomic E-state index is -0.406. The number of fused-ring (bicyclic) bond motifs is 1. The van der Waals surface area contributed by atoms with Crippen LogP contribution in [0.15, 0.2) is 36.3 Å². The predicted molar refractivity (Wildman–Crippen MR) is 68.3 cm³/mol. The molecule has 3 rings (SSSR count). The van der Waals surface area contributed by atoms with Crippen LogP contribution in [0.3, 0.4) is 0 Å². The number of allylic oxidation sites excluding steroid dienone is 1. The maximum absolute atomic E-state index is 12.8. The Labute approximate surface area is 115 Å². The first-order valence-electron chi connectivity index (χ1n) is 6.65. The van der Waals surface area contributed by atoms with Gasteiger partial charge in [-0.2, -0.15) is 0 Å². The Morgan fingerprint density at radius 3 is 2.75 bits per heavy atom. The second-order valence-electron chi connectivity index (χ2n) is 5.15. The molecule has 0 saturated heterocycles. The predicted octanol–water partition coefficient (Wildman–Crippen LogP) is 2.17. The van der Waals surface area contributed by atoms with Crippen LogP contribution in [0.25, 0.3) is 0 Å². The van der Waals surface area contributed by atoms with E-state index in [2.05, 4.69) is 0 Å². The van der Waals surface area contributed by atoms with E-state index < -0.39 is 6.10 Å². The van der Waals surface area contributed by atoms with Crippen molar-refractivity contribution < 1.29 is 23.8 Å². The molecule has 0 spiro atoms. The summed E-state index contributed by atoms with van der Waals surface area (Å²) in [5, 5.41) is 9.58. The molecule has 0 bridgehead atoms. The van der Waals surface area contributed by atoms with E-state index in [9.17, 15) is 14.3 Å². The van der Waals surface area contributed by atoms with Gasteiger partial charge in [0.05, 0.1) is 12.0 Å². The smallest absolute Gasteiger partial charge is 0.207 e. The fraction of sp³-hybridized carbons (Fsp3) is 0.400. The number of benzene rings is 1. The number of aliphatic hydroxyl groups is 1. The summed E-state index contributed by atoms with van der Waals surface area (Å²) in [4.78, 5) is 12.3. The van der Waals surface area contributed by atoms with Gasteiger partial charge in [-0.1, -0.05) is 0 Å². The zero-order chi connectivity index (χ0) is 14.1. The second-order valence-corrected chi connectivity index (χ2v) is 5.15. The molecule has 3 atom stereocenters. The van der Waals surface area contributed by atoms with Gasteiger partial charge in [0, 0.05) is 6.42 Å². The van der Waals surface area contributed by atoms with Gasteiger partial charge >= 0.3 is 0 Å². The molecule has 1 heterocycles. The topological polar surface area (TPSA) is 55.8 Å². The van der Waals surface area contributed by atoms with Gasteiger partial charge in [-0.25, -0.2) is 4.39 Å². The summed E-state index contributed by atoms with van der Waals surface area (Å²) in [6.07, 6.45) is 2.28. The molecule has 1 N–H and O–H groups in total. The first-order chi connectivity index (χ1) is 9.63. The Kier molecular flexibility index (Phi) is 3.44. The highest BCUT2D eigenvalue weighted by Gasteiger charge is 2.40. The Morgan fingerprint density at radius 1 is 1.25 bits per heavy atom. The van der Waals surface area contributed by atoms with E-state index in [1.165, 1.54) is 30.5 Å². The number of rotatable bonds is 2. The van der Waals surface area contributed by atoms with Gasteiger partial charge in [-0.15, -0.1) is 0 Å². The molecule has 5 heteroatoms. The molecule has 1 aromatic rings. The molecule has 4 nitrogen and oxygen atoms in total. The number of halogens is 1. The Balaban J connectivity index is 1.74. The summed E-state index contributed by atoms with van der Waals surface area (Å²) >= 11 is 0. The first-order valence-corrected chi connectivity index (χ1v) is 6.65. The van der Waals surface area contributed by atoms with Crippen molar-refractivity contribution in [3.8, 4) is 5.75 Å². The van der Waals surface area contributed by atoms with E-state index in [1.807, 2.05) is 0 Å². The quantitative estimate of drug-likeness (QED) is 0.901. The van der Waals surface area contributed by atoms with Crippen molar-refractivity contribution >= 4 is 5.78 Å². The highest BCUT2D eigenvalue weighted by molar-refractivity contribution is 5.96. The van der Waals surface area contributed by atoms with Crippen LogP contribution in [0.4, 0.5) is 4.39 Å². The normalized spacial score (nSPS) is 29.2. The van der Waals surface area contributed by atoms with Gasteiger partial charge in [0.2, 0.25) is 11.5 Å². The van der Waals surface area contributed by atoms with E-state index in [0.717, 1.165) is 0 Å². The van der Waals surface area contributed by atoms with E-state index in [-0.39, 0.29) is 29.4 Å². The van der Waals surface area contributed by atoms with Crippen molar-refractivity contribution in [2.75, 3.05) is 0 Å². The van der Waals surface area contributed by atoms with E-state index in [0.29, 0.717) is 25.0 Å². The maximum atomic E-state index is 12.8. The van der Waals surface area contributed by atoms with Gasteiger partial charge in [0.15, 0.2) is 0 Å². The van der Waals surface area contributed by atoms with Crippen LogP contribution >= 0.6 is 0 Å². The van der Waals surface area contributed by atoms with Gasteiger partial charge in [-0.05, 0) is 37.1 Å². The van der Waals surface area contributed by atoms with Gasteiger partial charge in [0.1, 0.15) is 23.9 Å². The largest absolute Gasteiger partial charge is 0.493 e. The van der Waals surface area contributed by atoms with Crippen LogP contribution in [0, 0.1) is 11.7 Å². The molecule has 2 aliphatic rings. The lowest BCUT2D eigenvalue weighted by molar-refractivity contribution is -0.132. The maximum Gasteiger partial charge on any atom is 0.207 e. The summed E-state index contributed by atoms with van der Waals surface area (Å²) in [6.45, 7) is 0. The molecule has 1 aromatic carbocycles. The summed E-state index contributed by atoms with van der Waals surface area (Å²) in [5.41, 5.74) is 0. The SMILES string of the molecule is O=C1C(Oc2ccc(F)cc2)=COC2CC(O)CCC12. The number of hydrogen-bond acceptors (Lipinski definition) is 4. The molecular weight excluding hydrogens is 263 g/mol. The van der Waals surface area contributed by atoms with Crippen molar-refractivity contribution in [3.05, 3.63) is 42.1 Å².